The fraction of sp³-hybridized carbons (Fsp3) is 0.500. The quantitative estimate of drug-likeness (QED) is 0.760. The Kier molecular flexibility index (Phi) is 3.51. The molecule has 2 heterocycles. The predicted molar refractivity (Wildman–Crippen MR) is 62.4 cm³/mol. The van der Waals surface area contributed by atoms with Crippen LogP contribution in [0.4, 0.5) is 0 Å². The number of carbonyl (C=O) groups is 1. The van der Waals surface area contributed by atoms with Crippen molar-refractivity contribution in [1.82, 2.24) is 15.2 Å². The third-order valence-corrected chi connectivity index (χ3v) is 2.75. The summed E-state index contributed by atoms with van der Waals surface area (Å²) in [5.41, 5.74) is 1.72. The van der Waals surface area contributed by atoms with Crippen LogP contribution >= 0.6 is 0 Å². The number of aryl methyl sites for hydroxylation is 1. The van der Waals surface area contributed by atoms with Crippen molar-refractivity contribution in [1.29, 1.82) is 0 Å². The van der Waals surface area contributed by atoms with Gasteiger partial charge < -0.3 is 10.2 Å². The van der Waals surface area contributed by atoms with Crippen LogP contribution in [0.3, 0.4) is 0 Å². The van der Waals surface area contributed by atoms with E-state index in [0.717, 1.165) is 38.2 Å². The maximum absolute atomic E-state index is 12.2. The Morgan fingerprint density at radius 2 is 2.25 bits per heavy atom. The molecule has 4 heteroatoms. The summed E-state index contributed by atoms with van der Waals surface area (Å²) in [7, 11) is 0. The molecule has 1 N–H and O–H groups in total. The van der Waals surface area contributed by atoms with Gasteiger partial charge in [0.1, 0.15) is 0 Å². The molecule has 2 rings (SSSR count). The topological polar surface area (TPSA) is 45.2 Å². The van der Waals surface area contributed by atoms with Crippen molar-refractivity contribution in [2.24, 2.45) is 0 Å². The summed E-state index contributed by atoms with van der Waals surface area (Å²) in [5, 5.41) is 3.29. The molecule has 86 valence electrons. The van der Waals surface area contributed by atoms with Crippen molar-refractivity contribution in [2.45, 2.75) is 13.3 Å². The van der Waals surface area contributed by atoms with Crippen molar-refractivity contribution in [3.8, 4) is 0 Å². The minimum absolute atomic E-state index is 0.0971. The molecule has 16 heavy (non-hydrogen) atoms. The van der Waals surface area contributed by atoms with Crippen LogP contribution in [0.25, 0.3) is 0 Å². The second kappa shape index (κ2) is 5.07. The molecule has 0 spiro atoms. The number of nitrogens with one attached hydrogen (secondary N) is 1. The maximum Gasteiger partial charge on any atom is 0.255 e. The van der Waals surface area contributed by atoms with Gasteiger partial charge in [0.2, 0.25) is 0 Å². The van der Waals surface area contributed by atoms with Gasteiger partial charge >= 0.3 is 0 Å². The normalized spacial score (nSPS) is 16.9. The third kappa shape index (κ3) is 2.58. The predicted octanol–water partition coefficient (Wildman–Crippen LogP) is 0.826. The molecule has 1 aromatic heterocycles. The number of nitrogens with zero attached hydrogens (tertiary/aromatic N) is 2. The first-order chi connectivity index (χ1) is 7.77. The standard InChI is InChI=1S/C12H17N3O/c1-10-7-11(9-14-8-10)12(16)15-5-2-3-13-4-6-15/h7-9,13H,2-6H2,1H3. The summed E-state index contributed by atoms with van der Waals surface area (Å²) in [6, 6.07) is 1.90. The van der Waals surface area contributed by atoms with E-state index in [2.05, 4.69) is 10.3 Å². The van der Waals surface area contributed by atoms with E-state index in [4.69, 9.17) is 0 Å². The second-order valence-electron chi connectivity index (χ2n) is 4.15. The van der Waals surface area contributed by atoms with Gasteiger partial charge in [-0.25, -0.2) is 0 Å². The van der Waals surface area contributed by atoms with Gasteiger partial charge in [-0.05, 0) is 31.5 Å². The number of hydrogen-bond donors (Lipinski definition) is 1. The first-order valence-corrected chi connectivity index (χ1v) is 5.69. The average Bonchev–Trinajstić information content (AvgIpc) is 2.56. The molecule has 0 atom stereocenters. The SMILES string of the molecule is Cc1cncc(C(=O)N2CCCNCC2)c1. The van der Waals surface area contributed by atoms with Crippen molar-refractivity contribution in [3.05, 3.63) is 29.6 Å². The van der Waals surface area contributed by atoms with E-state index in [1.165, 1.54) is 0 Å². The van der Waals surface area contributed by atoms with Crippen LogP contribution in [0, 0.1) is 6.92 Å². The Bertz CT molecular complexity index is 370. The monoisotopic (exact) mass is 219 g/mol. The molecule has 0 aromatic carbocycles. The highest BCUT2D eigenvalue weighted by molar-refractivity contribution is 5.94. The largest absolute Gasteiger partial charge is 0.337 e. The summed E-state index contributed by atoms with van der Waals surface area (Å²) < 4.78 is 0. The molecule has 0 aliphatic carbocycles. The van der Waals surface area contributed by atoms with Crippen LogP contribution < -0.4 is 5.32 Å². The van der Waals surface area contributed by atoms with Gasteiger partial charge in [-0.2, -0.15) is 0 Å². The smallest absolute Gasteiger partial charge is 0.255 e. The highest BCUT2D eigenvalue weighted by Crippen LogP contribution is 2.07. The molecule has 0 radical (unpaired) electrons. The van der Waals surface area contributed by atoms with Gasteiger partial charge in [-0.15, -0.1) is 0 Å². The first-order valence-electron chi connectivity index (χ1n) is 5.69. The number of hydrogen-bond acceptors (Lipinski definition) is 3. The van der Waals surface area contributed by atoms with Crippen LogP contribution in [0.5, 0.6) is 0 Å². The van der Waals surface area contributed by atoms with E-state index in [-0.39, 0.29) is 5.91 Å². The number of aromatic nitrogens is 1. The molecule has 1 saturated heterocycles. The van der Waals surface area contributed by atoms with Gasteiger partial charge in [0.05, 0.1) is 5.56 Å². The van der Waals surface area contributed by atoms with E-state index < -0.39 is 0 Å². The lowest BCUT2D eigenvalue weighted by Crippen LogP contribution is -2.34. The summed E-state index contributed by atoms with van der Waals surface area (Å²) in [6.07, 6.45) is 4.43. The molecule has 1 aromatic rings. The lowest BCUT2D eigenvalue weighted by Gasteiger charge is -2.19. The van der Waals surface area contributed by atoms with E-state index in [1.807, 2.05) is 17.9 Å². The zero-order valence-corrected chi connectivity index (χ0v) is 9.57. The van der Waals surface area contributed by atoms with Crippen molar-refractivity contribution >= 4 is 5.91 Å². The molecule has 0 saturated carbocycles. The molecular formula is C12H17N3O. The Hall–Kier alpha value is -1.42. The number of rotatable bonds is 1. The van der Waals surface area contributed by atoms with Gasteiger partial charge in [-0.1, -0.05) is 0 Å². The summed E-state index contributed by atoms with van der Waals surface area (Å²) in [5.74, 6) is 0.0971. The van der Waals surface area contributed by atoms with Crippen molar-refractivity contribution in [3.63, 3.8) is 0 Å². The van der Waals surface area contributed by atoms with Crippen LogP contribution in [0.2, 0.25) is 0 Å². The third-order valence-electron chi connectivity index (χ3n) is 2.75. The minimum atomic E-state index is 0.0971. The van der Waals surface area contributed by atoms with E-state index >= 15 is 0 Å². The summed E-state index contributed by atoms with van der Waals surface area (Å²) in [6.45, 7) is 5.45. The van der Waals surface area contributed by atoms with Gasteiger partial charge in [0.15, 0.2) is 0 Å². The lowest BCUT2D eigenvalue weighted by atomic mass is 10.2. The van der Waals surface area contributed by atoms with Crippen LogP contribution in [-0.4, -0.2) is 42.0 Å². The Balaban J connectivity index is 2.11. The van der Waals surface area contributed by atoms with Crippen LogP contribution in [0.15, 0.2) is 18.5 Å². The number of pyridine rings is 1. The highest BCUT2D eigenvalue weighted by atomic mass is 16.2. The zero-order chi connectivity index (χ0) is 11.4. The van der Waals surface area contributed by atoms with E-state index in [1.54, 1.807) is 12.4 Å². The molecule has 4 nitrogen and oxygen atoms in total. The zero-order valence-electron chi connectivity index (χ0n) is 9.57. The minimum Gasteiger partial charge on any atom is -0.337 e. The van der Waals surface area contributed by atoms with Crippen molar-refractivity contribution < 1.29 is 4.79 Å². The Labute approximate surface area is 95.7 Å². The van der Waals surface area contributed by atoms with Gasteiger partial charge in [0.25, 0.3) is 5.91 Å². The average molecular weight is 219 g/mol. The van der Waals surface area contributed by atoms with E-state index in [9.17, 15) is 4.79 Å². The van der Waals surface area contributed by atoms with Crippen LogP contribution in [-0.2, 0) is 0 Å². The first kappa shape index (κ1) is 11.1. The van der Waals surface area contributed by atoms with Crippen LogP contribution in [0.1, 0.15) is 22.3 Å². The summed E-state index contributed by atoms with van der Waals surface area (Å²) in [4.78, 5) is 18.1. The highest BCUT2D eigenvalue weighted by Gasteiger charge is 2.17. The van der Waals surface area contributed by atoms with Crippen molar-refractivity contribution in [2.75, 3.05) is 26.2 Å². The van der Waals surface area contributed by atoms with E-state index in [0.29, 0.717) is 5.56 Å². The fourth-order valence-electron chi connectivity index (χ4n) is 1.90. The molecule has 1 aliphatic heterocycles. The molecule has 1 amide bonds. The Morgan fingerprint density at radius 1 is 1.38 bits per heavy atom. The fourth-order valence-corrected chi connectivity index (χ4v) is 1.90. The second-order valence-corrected chi connectivity index (χ2v) is 4.15. The molecule has 1 fully saturated rings. The summed E-state index contributed by atoms with van der Waals surface area (Å²) >= 11 is 0. The molecule has 1 aliphatic rings. The Morgan fingerprint density at radius 3 is 3.06 bits per heavy atom. The van der Waals surface area contributed by atoms with Gasteiger partial charge in [0, 0.05) is 32.0 Å². The molecule has 0 bridgehead atoms. The molecular weight excluding hydrogens is 202 g/mol. The van der Waals surface area contributed by atoms with Gasteiger partial charge in [-0.3, -0.25) is 9.78 Å². The lowest BCUT2D eigenvalue weighted by molar-refractivity contribution is 0.0766. The molecule has 0 unspecified atom stereocenters. The maximum atomic E-state index is 12.2. The number of amides is 1. The number of carbonyl (C=O) groups excluding carboxylic acids is 1.